The number of nitrogens with one attached hydrogen (secondary N) is 3. The summed E-state index contributed by atoms with van der Waals surface area (Å²) in [6, 6.07) is 5.20. The monoisotopic (exact) mass is 417 g/mol. The van der Waals surface area contributed by atoms with Gasteiger partial charge in [-0.05, 0) is 68.6 Å². The van der Waals surface area contributed by atoms with Crippen LogP contribution in [-0.4, -0.2) is 25.0 Å². The molecule has 1 unspecified atom stereocenters. The van der Waals surface area contributed by atoms with Gasteiger partial charge in [-0.3, -0.25) is 20.3 Å². The number of hydrogen-bond acceptors (Lipinski definition) is 5. The maximum absolute atomic E-state index is 14.0. The Bertz CT molecular complexity index is 777. The minimum absolute atomic E-state index is 0.0154. The van der Waals surface area contributed by atoms with Gasteiger partial charge >= 0.3 is 0 Å². The number of carbonyl (C=O) groups is 2. The molecule has 6 nitrogen and oxygen atoms in total. The SMILES string of the molecule is O=C1CCC(CCCCCNNC2(c3ccc(F)c(OCC4CC4)c3)CC2)C(=O)N1. The molecule has 2 amide bonds. The van der Waals surface area contributed by atoms with Gasteiger partial charge in [-0.15, -0.1) is 0 Å². The van der Waals surface area contributed by atoms with Crippen molar-refractivity contribution in [2.75, 3.05) is 13.2 Å². The van der Waals surface area contributed by atoms with Crippen LogP contribution in [0.15, 0.2) is 18.2 Å². The second kappa shape index (κ2) is 9.43. The summed E-state index contributed by atoms with van der Waals surface area (Å²) in [6.45, 7) is 1.45. The first-order chi connectivity index (χ1) is 14.6. The average Bonchev–Trinajstić information content (AvgIpc) is 3.64. The van der Waals surface area contributed by atoms with Gasteiger partial charge in [-0.25, -0.2) is 9.82 Å². The number of benzene rings is 1. The van der Waals surface area contributed by atoms with E-state index in [4.69, 9.17) is 4.74 Å². The topological polar surface area (TPSA) is 79.5 Å². The maximum atomic E-state index is 14.0. The highest BCUT2D eigenvalue weighted by molar-refractivity contribution is 5.98. The van der Waals surface area contributed by atoms with Gasteiger partial charge < -0.3 is 4.74 Å². The van der Waals surface area contributed by atoms with Crippen LogP contribution in [0.25, 0.3) is 0 Å². The minimum Gasteiger partial charge on any atom is -0.490 e. The van der Waals surface area contributed by atoms with Crippen molar-refractivity contribution in [1.29, 1.82) is 0 Å². The van der Waals surface area contributed by atoms with Gasteiger partial charge in [0.15, 0.2) is 11.6 Å². The molecule has 2 saturated carbocycles. The summed E-state index contributed by atoms with van der Waals surface area (Å²) in [5.41, 5.74) is 7.70. The standard InChI is InChI=1S/C23H32FN3O3/c24-19-9-8-18(14-20(19)30-15-16-5-6-16)23(11-12-23)27-25-13-3-1-2-4-17-7-10-21(28)26-22(17)29/h8-9,14,16-17,25,27H,1-7,10-13,15H2,(H,26,28,29). The minimum atomic E-state index is -0.292. The Morgan fingerprint density at radius 3 is 2.70 bits per heavy atom. The number of halogens is 1. The second-order valence-electron chi connectivity index (χ2n) is 9.03. The van der Waals surface area contributed by atoms with E-state index in [1.807, 2.05) is 12.1 Å². The molecule has 1 saturated heterocycles. The van der Waals surface area contributed by atoms with Crippen LogP contribution >= 0.6 is 0 Å². The third kappa shape index (κ3) is 5.58. The molecule has 1 atom stereocenters. The molecule has 1 aromatic carbocycles. The first-order valence-corrected chi connectivity index (χ1v) is 11.3. The molecule has 1 aromatic rings. The number of piperidine rings is 1. The van der Waals surface area contributed by atoms with E-state index in [-0.39, 0.29) is 29.1 Å². The summed E-state index contributed by atoms with van der Waals surface area (Å²) in [4.78, 5) is 22.9. The van der Waals surface area contributed by atoms with Crippen molar-refractivity contribution < 1.29 is 18.7 Å². The van der Waals surface area contributed by atoms with Crippen molar-refractivity contribution in [2.24, 2.45) is 11.8 Å². The lowest BCUT2D eigenvalue weighted by atomic mass is 9.92. The molecule has 2 aliphatic carbocycles. The molecule has 3 N–H and O–H groups in total. The van der Waals surface area contributed by atoms with E-state index in [1.54, 1.807) is 0 Å². The molecule has 30 heavy (non-hydrogen) atoms. The molecule has 7 heteroatoms. The summed E-state index contributed by atoms with van der Waals surface area (Å²) in [5.74, 6) is 0.390. The van der Waals surface area contributed by atoms with Gasteiger partial charge in [0, 0.05) is 18.9 Å². The van der Waals surface area contributed by atoms with Crippen molar-refractivity contribution in [1.82, 2.24) is 16.2 Å². The van der Waals surface area contributed by atoms with Crippen molar-refractivity contribution >= 4 is 11.8 Å². The zero-order valence-electron chi connectivity index (χ0n) is 17.5. The van der Waals surface area contributed by atoms with Crippen LogP contribution in [0.5, 0.6) is 5.75 Å². The highest BCUT2D eigenvalue weighted by Crippen LogP contribution is 2.46. The Kier molecular flexibility index (Phi) is 6.68. The molecule has 3 fully saturated rings. The fraction of sp³-hybridized carbons (Fsp3) is 0.652. The van der Waals surface area contributed by atoms with Crippen LogP contribution in [-0.2, 0) is 15.1 Å². The highest BCUT2D eigenvalue weighted by atomic mass is 19.1. The zero-order valence-corrected chi connectivity index (χ0v) is 17.5. The molecule has 1 aliphatic heterocycles. The molecule has 0 spiro atoms. The molecule has 164 valence electrons. The van der Waals surface area contributed by atoms with Gasteiger partial charge in [0.2, 0.25) is 11.8 Å². The van der Waals surface area contributed by atoms with E-state index >= 15 is 0 Å². The average molecular weight is 418 g/mol. The van der Waals surface area contributed by atoms with Crippen molar-refractivity contribution in [2.45, 2.75) is 69.7 Å². The number of imide groups is 1. The van der Waals surface area contributed by atoms with Gasteiger partial charge in [-0.1, -0.05) is 18.9 Å². The lowest BCUT2D eigenvalue weighted by molar-refractivity contribution is -0.136. The van der Waals surface area contributed by atoms with E-state index in [1.165, 1.54) is 18.9 Å². The van der Waals surface area contributed by atoms with E-state index in [9.17, 15) is 14.0 Å². The predicted molar refractivity (Wildman–Crippen MR) is 111 cm³/mol. The quantitative estimate of drug-likeness (QED) is 0.276. The number of hydrogen-bond donors (Lipinski definition) is 3. The zero-order chi connectivity index (χ0) is 21.0. The van der Waals surface area contributed by atoms with Crippen LogP contribution in [0.2, 0.25) is 0 Å². The maximum Gasteiger partial charge on any atom is 0.229 e. The summed E-state index contributed by atoms with van der Waals surface area (Å²) >= 11 is 0. The lowest BCUT2D eigenvalue weighted by Gasteiger charge is -2.21. The van der Waals surface area contributed by atoms with Gasteiger partial charge in [0.05, 0.1) is 12.1 Å². The number of rotatable bonds is 12. The molecular formula is C23H32FN3O3. The fourth-order valence-corrected chi connectivity index (χ4v) is 4.04. The Labute approximate surface area is 177 Å². The third-order valence-corrected chi connectivity index (χ3v) is 6.44. The number of unbranched alkanes of at least 4 members (excludes halogenated alkanes) is 2. The fourth-order valence-electron chi connectivity index (χ4n) is 4.04. The molecule has 3 aliphatic rings. The van der Waals surface area contributed by atoms with Crippen molar-refractivity contribution in [3.8, 4) is 5.75 Å². The Morgan fingerprint density at radius 2 is 1.97 bits per heavy atom. The van der Waals surface area contributed by atoms with E-state index in [2.05, 4.69) is 16.2 Å². The van der Waals surface area contributed by atoms with E-state index in [0.717, 1.165) is 50.6 Å². The molecule has 4 rings (SSSR count). The van der Waals surface area contributed by atoms with Crippen LogP contribution in [0, 0.1) is 17.7 Å². The molecule has 0 bridgehead atoms. The largest absolute Gasteiger partial charge is 0.490 e. The first kappa shape index (κ1) is 21.2. The molecule has 0 radical (unpaired) electrons. The Balaban J connectivity index is 1.14. The van der Waals surface area contributed by atoms with Crippen LogP contribution in [0.4, 0.5) is 4.39 Å². The van der Waals surface area contributed by atoms with Crippen molar-refractivity contribution in [3.05, 3.63) is 29.6 Å². The Morgan fingerprint density at radius 1 is 1.13 bits per heavy atom. The number of ether oxygens (including phenoxy) is 1. The van der Waals surface area contributed by atoms with E-state index in [0.29, 0.717) is 31.1 Å². The van der Waals surface area contributed by atoms with Crippen LogP contribution in [0.1, 0.15) is 69.8 Å². The second-order valence-corrected chi connectivity index (χ2v) is 9.03. The molecule has 1 heterocycles. The van der Waals surface area contributed by atoms with Gasteiger partial charge in [-0.2, -0.15) is 0 Å². The van der Waals surface area contributed by atoms with Gasteiger partial charge in [0.1, 0.15) is 0 Å². The summed E-state index contributed by atoms with van der Waals surface area (Å²) < 4.78 is 19.7. The lowest BCUT2D eigenvalue weighted by Crippen LogP contribution is -2.41. The molecular weight excluding hydrogens is 385 g/mol. The predicted octanol–water partition coefficient (Wildman–Crippen LogP) is 3.31. The number of hydrazine groups is 1. The van der Waals surface area contributed by atoms with Crippen LogP contribution < -0.4 is 20.9 Å². The highest BCUT2D eigenvalue weighted by Gasteiger charge is 2.44. The van der Waals surface area contributed by atoms with Crippen LogP contribution in [0.3, 0.4) is 0 Å². The summed E-state index contributed by atoms with van der Waals surface area (Å²) in [7, 11) is 0. The number of carbonyl (C=O) groups excluding carboxylic acids is 2. The molecule has 0 aromatic heterocycles. The van der Waals surface area contributed by atoms with Gasteiger partial charge in [0.25, 0.3) is 0 Å². The smallest absolute Gasteiger partial charge is 0.229 e. The summed E-state index contributed by atoms with van der Waals surface area (Å²) in [6.07, 6.45) is 9.41. The van der Waals surface area contributed by atoms with E-state index < -0.39 is 0 Å². The normalized spacial score (nSPS) is 22.6. The Hall–Kier alpha value is -1.99. The first-order valence-electron chi connectivity index (χ1n) is 11.3. The third-order valence-electron chi connectivity index (χ3n) is 6.44. The van der Waals surface area contributed by atoms with Crippen molar-refractivity contribution in [3.63, 3.8) is 0 Å². The summed E-state index contributed by atoms with van der Waals surface area (Å²) in [5, 5.41) is 2.42. The number of amides is 2.